The van der Waals surface area contributed by atoms with Crippen LogP contribution < -0.4 is 11.1 Å². The summed E-state index contributed by atoms with van der Waals surface area (Å²) < 4.78 is 4.48. The van der Waals surface area contributed by atoms with E-state index in [1.54, 1.807) is 6.92 Å². The normalized spacial score (nSPS) is 14.1. The molecular weight excluding hydrogens is 196 g/mol. The van der Waals surface area contributed by atoms with Crippen molar-refractivity contribution in [3.63, 3.8) is 0 Å². The summed E-state index contributed by atoms with van der Waals surface area (Å²) in [6.07, 6.45) is 1.93. The highest BCUT2D eigenvalue weighted by molar-refractivity contribution is 5.83. The zero-order chi connectivity index (χ0) is 11.8. The second kappa shape index (κ2) is 7.23. The summed E-state index contributed by atoms with van der Waals surface area (Å²) >= 11 is 0. The van der Waals surface area contributed by atoms with Gasteiger partial charge in [0.2, 0.25) is 5.91 Å². The zero-order valence-electron chi connectivity index (χ0n) is 9.58. The van der Waals surface area contributed by atoms with Crippen LogP contribution in [0.4, 0.5) is 0 Å². The Balaban J connectivity index is 3.69. The molecule has 0 aromatic carbocycles. The topological polar surface area (TPSA) is 81.4 Å². The second-order valence-electron chi connectivity index (χ2n) is 3.68. The molecule has 88 valence electrons. The van der Waals surface area contributed by atoms with Crippen LogP contribution in [-0.2, 0) is 14.3 Å². The van der Waals surface area contributed by atoms with Gasteiger partial charge in [-0.25, -0.2) is 4.79 Å². The molecular formula is C10H20N2O3. The molecule has 15 heavy (non-hydrogen) atoms. The number of carbonyl (C=O) groups is 2. The highest BCUT2D eigenvalue weighted by Crippen LogP contribution is 1.99. The van der Waals surface area contributed by atoms with Crippen LogP contribution in [0.25, 0.3) is 0 Å². The van der Waals surface area contributed by atoms with Gasteiger partial charge in [0.25, 0.3) is 0 Å². The van der Waals surface area contributed by atoms with Crippen LogP contribution in [0.15, 0.2) is 0 Å². The van der Waals surface area contributed by atoms with Crippen molar-refractivity contribution in [1.82, 2.24) is 5.32 Å². The van der Waals surface area contributed by atoms with Crippen molar-refractivity contribution in [2.75, 3.05) is 7.11 Å². The van der Waals surface area contributed by atoms with Gasteiger partial charge in [0.1, 0.15) is 6.04 Å². The minimum absolute atomic E-state index is 0.107. The SMILES string of the molecule is COC(=O)[C@H](C)NC(=O)CCCC(C)N. The first-order chi connectivity index (χ1) is 6.97. The zero-order valence-corrected chi connectivity index (χ0v) is 9.58. The van der Waals surface area contributed by atoms with Gasteiger partial charge in [-0.15, -0.1) is 0 Å². The molecule has 5 heteroatoms. The highest BCUT2D eigenvalue weighted by atomic mass is 16.5. The summed E-state index contributed by atoms with van der Waals surface area (Å²) in [4.78, 5) is 22.3. The van der Waals surface area contributed by atoms with Crippen molar-refractivity contribution in [2.45, 2.75) is 45.2 Å². The van der Waals surface area contributed by atoms with Gasteiger partial charge in [-0.1, -0.05) is 0 Å². The van der Waals surface area contributed by atoms with E-state index >= 15 is 0 Å². The van der Waals surface area contributed by atoms with Crippen molar-refractivity contribution in [3.05, 3.63) is 0 Å². The van der Waals surface area contributed by atoms with Crippen LogP contribution in [0, 0.1) is 0 Å². The number of rotatable bonds is 6. The molecule has 1 amide bonds. The maximum atomic E-state index is 11.3. The lowest BCUT2D eigenvalue weighted by atomic mass is 10.1. The number of nitrogens with one attached hydrogen (secondary N) is 1. The molecule has 0 fully saturated rings. The number of esters is 1. The fraction of sp³-hybridized carbons (Fsp3) is 0.800. The first-order valence-corrected chi connectivity index (χ1v) is 5.10. The molecule has 0 aliphatic rings. The number of nitrogens with two attached hydrogens (primary N) is 1. The molecule has 0 bridgehead atoms. The quantitative estimate of drug-likeness (QED) is 0.621. The Morgan fingerprint density at radius 3 is 2.47 bits per heavy atom. The first kappa shape index (κ1) is 13.9. The summed E-state index contributed by atoms with van der Waals surface area (Å²) in [6, 6.07) is -0.478. The minimum atomic E-state index is -0.585. The first-order valence-electron chi connectivity index (χ1n) is 5.10. The maximum Gasteiger partial charge on any atom is 0.328 e. The van der Waals surface area contributed by atoms with Crippen LogP contribution in [0.1, 0.15) is 33.1 Å². The molecule has 0 spiro atoms. The third kappa shape index (κ3) is 6.90. The van der Waals surface area contributed by atoms with Gasteiger partial charge in [0.15, 0.2) is 0 Å². The highest BCUT2D eigenvalue weighted by Gasteiger charge is 2.15. The average molecular weight is 216 g/mol. The number of hydrogen-bond donors (Lipinski definition) is 2. The molecule has 0 aromatic rings. The van der Waals surface area contributed by atoms with Crippen LogP contribution in [0.5, 0.6) is 0 Å². The van der Waals surface area contributed by atoms with E-state index in [9.17, 15) is 9.59 Å². The summed E-state index contributed by atoms with van der Waals surface area (Å²) in [6.45, 7) is 3.49. The third-order valence-corrected chi connectivity index (χ3v) is 2.00. The van der Waals surface area contributed by atoms with Crippen LogP contribution in [0.2, 0.25) is 0 Å². The van der Waals surface area contributed by atoms with Crippen molar-refractivity contribution in [3.8, 4) is 0 Å². The largest absolute Gasteiger partial charge is 0.467 e. The van der Waals surface area contributed by atoms with Gasteiger partial charge in [-0.2, -0.15) is 0 Å². The van der Waals surface area contributed by atoms with Crippen molar-refractivity contribution in [1.29, 1.82) is 0 Å². The lowest BCUT2D eigenvalue weighted by molar-refractivity contribution is -0.144. The van der Waals surface area contributed by atoms with E-state index in [0.717, 1.165) is 12.8 Å². The Bertz CT molecular complexity index is 217. The summed E-state index contributed by atoms with van der Waals surface area (Å²) in [5.41, 5.74) is 5.54. The Labute approximate surface area is 90.4 Å². The Kier molecular flexibility index (Phi) is 6.70. The molecule has 0 saturated carbocycles. The van der Waals surface area contributed by atoms with E-state index < -0.39 is 12.0 Å². The summed E-state index contributed by atoms with van der Waals surface area (Å²) in [5.74, 6) is -0.580. The standard InChI is InChI=1S/C10H20N2O3/c1-7(11)5-4-6-9(13)12-8(2)10(14)15-3/h7-8H,4-6,11H2,1-3H3,(H,12,13)/t7?,8-/m0/s1. The van der Waals surface area contributed by atoms with Gasteiger partial charge in [0, 0.05) is 12.5 Å². The molecule has 2 atom stereocenters. The Morgan fingerprint density at radius 1 is 1.40 bits per heavy atom. The number of carbonyl (C=O) groups excluding carboxylic acids is 2. The van der Waals surface area contributed by atoms with Gasteiger partial charge < -0.3 is 15.8 Å². The Hall–Kier alpha value is -1.10. The molecule has 0 heterocycles. The van der Waals surface area contributed by atoms with E-state index in [4.69, 9.17) is 5.73 Å². The van der Waals surface area contributed by atoms with Crippen molar-refractivity contribution < 1.29 is 14.3 Å². The van der Waals surface area contributed by atoms with Gasteiger partial charge in [-0.3, -0.25) is 4.79 Å². The Morgan fingerprint density at radius 2 is 2.00 bits per heavy atom. The predicted octanol–water partition coefficient (Wildman–Crippen LogP) is 0.182. The molecule has 5 nitrogen and oxygen atoms in total. The predicted molar refractivity (Wildman–Crippen MR) is 57.1 cm³/mol. The molecule has 0 aliphatic carbocycles. The molecule has 0 saturated heterocycles. The average Bonchev–Trinajstić information content (AvgIpc) is 2.15. The summed E-state index contributed by atoms with van der Waals surface area (Å²) in [5, 5.41) is 2.55. The fourth-order valence-electron chi connectivity index (χ4n) is 1.13. The molecule has 0 aliphatic heterocycles. The van der Waals surface area contributed by atoms with Gasteiger partial charge in [-0.05, 0) is 26.7 Å². The maximum absolute atomic E-state index is 11.3. The molecule has 3 N–H and O–H groups in total. The second-order valence-corrected chi connectivity index (χ2v) is 3.68. The molecule has 1 unspecified atom stereocenters. The molecule has 0 aromatic heterocycles. The fourth-order valence-corrected chi connectivity index (χ4v) is 1.13. The lowest BCUT2D eigenvalue weighted by Crippen LogP contribution is -2.39. The molecule has 0 rings (SSSR count). The van der Waals surface area contributed by atoms with E-state index in [0.29, 0.717) is 6.42 Å². The lowest BCUT2D eigenvalue weighted by Gasteiger charge is -2.11. The van der Waals surface area contributed by atoms with E-state index in [-0.39, 0.29) is 11.9 Å². The summed E-state index contributed by atoms with van der Waals surface area (Å²) in [7, 11) is 1.29. The van der Waals surface area contributed by atoms with E-state index in [2.05, 4.69) is 10.1 Å². The van der Waals surface area contributed by atoms with Crippen LogP contribution in [-0.4, -0.2) is 31.1 Å². The van der Waals surface area contributed by atoms with Gasteiger partial charge in [0.05, 0.1) is 7.11 Å². The number of hydrogen-bond acceptors (Lipinski definition) is 4. The number of methoxy groups -OCH3 is 1. The minimum Gasteiger partial charge on any atom is -0.467 e. The smallest absolute Gasteiger partial charge is 0.328 e. The number of ether oxygens (including phenoxy) is 1. The van der Waals surface area contributed by atoms with Crippen LogP contribution >= 0.6 is 0 Å². The molecule has 0 radical (unpaired) electrons. The van der Waals surface area contributed by atoms with Gasteiger partial charge >= 0.3 is 5.97 Å². The van der Waals surface area contributed by atoms with Crippen LogP contribution in [0.3, 0.4) is 0 Å². The van der Waals surface area contributed by atoms with E-state index in [1.807, 2.05) is 6.92 Å². The van der Waals surface area contributed by atoms with Crippen molar-refractivity contribution in [2.24, 2.45) is 5.73 Å². The number of amides is 1. The van der Waals surface area contributed by atoms with E-state index in [1.165, 1.54) is 7.11 Å². The van der Waals surface area contributed by atoms with Crippen molar-refractivity contribution >= 4 is 11.9 Å². The third-order valence-electron chi connectivity index (χ3n) is 2.00. The monoisotopic (exact) mass is 216 g/mol.